The van der Waals surface area contributed by atoms with Crippen LogP contribution in [0.1, 0.15) is 16.8 Å². The van der Waals surface area contributed by atoms with Gasteiger partial charge >= 0.3 is 6.18 Å². The number of benzene rings is 2. The summed E-state index contributed by atoms with van der Waals surface area (Å²) in [6.07, 6.45) is -4.12. The molecule has 3 aromatic rings. The van der Waals surface area contributed by atoms with Gasteiger partial charge in [0.05, 0.1) is 11.4 Å². The Kier molecular flexibility index (Phi) is 5.02. The van der Waals surface area contributed by atoms with E-state index in [1.54, 1.807) is 32.0 Å². The molecule has 4 nitrogen and oxygen atoms in total. The summed E-state index contributed by atoms with van der Waals surface area (Å²) >= 11 is 0. The van der Waals surface area contributed by atoms with Crippen molar-refractivity contribution >= 4 is 9.84 Å². The molecule has 0 aliphatic carbocycles. The summed E-state index contributed by atoms with van der Waals surface area (Å²) in [7, 11) is -4.06. The summed E-state index contributed by atoms with van der Waals surface area (Å²) in [6.45, 7) is 3.46. The van der Waals surface area contributed by atoms with Crippen molar-refractivity contribution in [3.05, 3.63) is 64.9 Å². The van der Waals surface area contributed by atoms with Crippen molar-refractivity contribution in [2.24, 2.45) is 0 Å². The lowest BCUT2D eigenvalue weighted by Gasteiger charge is -2.11. The van der Waals surface area contributed by atoms with Crippen LogP contribution < -0.4 is 0 Å². The van der Waals surface area contributed by atoms with Gasteiger partial charge in [-0.15, -0.1) is 0 Å². The third kappa shape index (κ3) is 4.16. The Bertz CT molecular complexity index is 1190. The molecule has 0 N–H and O–H groups in total. The van der Waals surface area contributed by atoms with Crippen LogP contribution in [0.4, 0.5) is 22.0 Å². The Morgan fingerprint density at radius 3 is 2.00 bits per heavy atom. The maximum Gasteiger partial charge on any atom is 0.435 e. The number of halogens is 5. The van der Waals surface area contributed by atoms with E-state index in [0.717, 1.165) is 15.8 Å². The van der Waals surface area contributed by atoms with Crippen LogP contribution >= 0.6 is 0 Å². The molecule has 0 bridgehead atoms. The highest BCUT2D eigenvalue weighted by Gasteiger charge is 2.36. The quantitative estimate of drug-likeness (QED) is 0.558. The summed E-state index contributed by atoms with van der Waals surface area (Å²) in [6, 6.07) is 6.48. The van der Waals surface area contributed by atoms with Crippen molar-refractivity contribution in [2.45, 2.75) is 24.9 Å². The third-order valence-electron chi connectivity index (χ3n) is 4.15. The lowest BCUT2D eigenvalue weighted by atomic mass is 10.1. The molecule has 1 heterocycles. The van der Waals surface area contributed by atoms with Crippen LogP contribution in [0.15, 0.2) is 41.3 Å². The molecule has 154 valence electrons. The van der Waals surface area contributed by atoms with Gasteiger partial charge in [0.1, 0.15) is 16.5 Å². The first-order chi connectivity index (χ1) is 13.3. The summed E-state index contributed by atoms with van der Waals surface area (Å²) in [4.78, 5) is -0.882. The zero-order valence-corrected chi connectivity index (χ0v) is 16.3. The molecule has 0 amide bonds. The normalized spacial score (nSPS) is 12.4. The zero-order chi connectivity index (χ0) is 21.7. The SMILES string of the molecule is Cc1cc(C)cc(-n2nc(C(F)(F)F)cc2-c2cc(F)c(S(C)(=O)=O)cc2F)c1. The summed E-state index contributed by atoms with van der Waals surface area (Å²) < 4.78 is 92.7. The van der Waals surface area contributed by atoms with Crippen molar-refractivity contribution in [3.8, 4) is 16.9 Å². The van der Waals surface area contributed by atoms with Gasteiger partial charge in [0.2, 0.25) is 0 Å². The first kappa shape index (κ1) is 21.0. The molecule has 10 heteroatoms. The third-order valence-corrected chi connectivity index (χ3v) is 5.26. The van der Waals surface area contributed by atoms with E-state index in [1.807, 2.05) is 0 Å². The molecule has 0 unspecified atom stereocenters. The Morgan fingerprint density at radius 1 is 0.897 bits per heavy atom. The molecular formula is C19H15F5N2O2S. The Labute approximate surface area is 163 Å². The highest BCUT2D eigenvalue weighted by atomic mass is 32.2. The van der Waals surface area contributed by atoms with Crippen molar-refractivity contribution in [3.63, 3.8) is 0 Å². The number of aryl methyl sites for hydroxylation is 2. The Balaban J connectivity index is 2.32. The van der Waals surface area contributed by atoms with Crippen LogP contribution in [0.3, 0.4) is 0 Å². The first-order valence-corrected chi connectivity index (χ1v) is 10.1. The molecular weight excluding hydrogens is 415 g/mol. The van der Waals surface area contributed by atoms with Gasteiger partial charge in [0.15, 0.2) is 15.5 Å². The molecule has 29 heavy (non-hydrogen) atoms. The molecule has 0 fully saturated rings. The second-order valence-corrected chi connectivity index (χ2v) is 8.69. The maximum absolute atomic E-state index is 14.7. The minimum atomic E-state index is -4.82. The van der Waals surface area contributed by atoms with E-state index in [0.29, 0.717) is 24.5 Å². The summed E-state index contributed by atoms with van der Waals surface area (Å²) in [5.41, 5.74) is -0.516. The lowest BCUT2D eigenvalue weighted by Crippen LogP contribution is -2.08. The smallest absolute Gasteiger partial charge is 0.232 e. The standard InChI is InChI=1S/C19H15F5N2O2S/c1-10-4-11(2)6-12(5-10)26-16(9-18(25-26)19(22,23)24)13-7-15(21)17(8-14(13)20)29(3,27)28/h4-9H,1-3H3. The topological polar surface area (TPSA) is 52.0 Å². The predicted octanol–water partition coefficient (Wildman–Crippen LogP) is 4.86. The van der Waals surface area contributed by atoms with Gasteiger partial charge in [0, 0.05) is 11.8 Å². The van der Waals surface area contributed by atoms with Crippen molar-refractivity contribution in [1.82, 2.24) is 9.78 Å². The Morgan fingerprint density at radius 2 is 1.48 bits per heavy atom. The van der Waals surface area contributed by atoms with E-state index in [2.05, 4.69) is 5.10 Å². The van der Waals surface area contributed by atoms with E-state index >= 15 is 0 Å². The molecule has 0 saturated heterocycles. The van der Waals surface area contributed by atoms with Gasteiger partial charge in [-0.3, -0.25) is 0 Å². The van der Waals surface area contributed by atoms with E-state index in [9.17, 15) is 30.4 Å². The molecule has 0 aliphatic heterocycles. The average Bonchev–Trinajstić information content (AvgIpc) is 3.00. The number of aromatic nitrogens is 2. The van der Waals surface area contributed by atoms with Crippen molar-refractivity contribution < 1.29 is 30.4 Å². The number of nitrogens with zero attached hydrogens (tertiary/aromatic N) is 2. The highest BCUT2D eigenvalue weighted by Crippen LogP contribution is 2.35. The molecule has 0 saturated carbocycles. The fourth-order valence-corrected chi connectivity index (χ4v) is 3.72. The average molecular weight is 430 g/mol. The van der Waals surface area contributed by atoms with Crippen LogP contribution in [0.2, 0.25) is 0 Å². The molecule has 2 aromatic carbocycles. The number of sulfone groups is 1. The lowest BCUT2D eigenvalue weighted by molar-refractivity contribution is -0.141. The first-order valence-electron chi connectivity index (χ1n) is 8.23. The molecule has 0 radical (unpaired) electrons. The number of rotatable bonds is 3. The molecule has 3 rings (SSSR count). The number of hydrogen-bond donors (Lipinski definition) is 0. The van der Waals surface area contributed by atoms with Gasteiger partial charge in [-0.05, 0) is 55.3 Å². The van der Waals surface area contributed by atoms with E-state index < -0.39 is 43.8 Å². The van der Waals surface area contributed by atoms with Crippen LogP contribution in [0.5, 0.6) is 0 Å². The van der Waals surface area contributed by atoms with Crippen LogP contribution in [0.25, 0.3) is 16.9 Å². The molecule has 0 atom stereocenters. The minimum Gasteiger partial charge on any atom is -0.232 e. The predicted molar refractivity (Wildman–Crippen MR) is 96.5 cm³/mol. The van der Waals surface area contributed by atoms with Gasteiger partial charge in [-0.1, -0.05) is 6.07 Å². The van der Waals surface area contributed by atoms with Gasteiger partial charge in [0.25, 0.3) is 0 Å². The second-order valence-electron chi connectivity index (χ2n) is 6.70. The largest absolute Gasteiger partial charge is 0.435 e. The number of alkyl halides is 3. The minimum absolute atomic E-state index is 0.222. The molecule has 0 aliphatic rings. The molecule has 1 aromatic heterocycles. The summed E-state index contributed by atoms with van der Waals surface area (Å²) in [5, 5.41) is 3.54. The van der Waals surface area contributed by atoms with Crippen molar-refractivity contribution in [2.75, 3.05) is 6.26 Å². The van der Waals surface area contributed by atoms with Gasteiger partial charge in [-0.2, -0.15) is 18.3 Å². The van der Waals surface area contributed by atoms with Gasteiger partial charge in [-0.25, -0.2) is 21.9 Å². The highest BCUT2D eigenvalue weighted by molar-refractivity contribution is 7.90. The monoisotopic (exact) mass is 430 g/mol. The Hall–Kier alpha value is -2.75. The van der Waals surface area contributed by atoms with Crippen molar-refractivity contribution in [1.29, 1.82) is 0 Å². The fourth-order valence-electron chi connectivity index (χ4n) is 2.99. The van der Waals surface area contributed by atoms with Gasteiger partial charge < -0.3 is 0 Å². The number of hydrogen-bond acceptors (Lipinski definition) is 3. The molecule has 0 spiro atoms. The van der Waals surface area contributed by atoms with Crippen LogP contribution in [-0.2, 0) is 16.0 Å². The zero-order valence-electron chi connectivity index (χ0n) is 15.5. The second kappa shape index (κ2) is 6.94. The fraction of sp³-hybridized carbons (Fsp3) is 0.211. The van der Waals surface area contributed by atoms with E-state index in [-0.39, 0.29) is 11.4 Å². The van der Waals surface area contributed by atoms with Crippen LogP contribution in [0, 0.1) is 25.5 Å². The van der Waals surface area contributed by atoms with Crippen LogP contribution in [-0.4, -0.2) is 24.5 Å². The van der Waals surface area contributed by atoms with E-state index in [4.69, 9.17) is 0 Å². The van der Waals surface area contributed by atoms with E-state index in [1.165, 1.54) is 0 Å². The maximum atomic E-state index is 14.7. The summed E-state index contributed by atoms with van der Waals surface area (Å²) in [5.74, 6) is -2.46.